The molecule has 1 aromatic carbocycles. The summed E-state index contributed by atoms with van der Waals surface area (Å²) in [5.74, 6) is -0.539. The SMILES string of the molecule is NS(=O)(=O)C(C(=O)c1ccccc1)c1n[nH]c2c1CCCC2. The number of fused-ring (bicyclic) bond motifs is 1. The molecule has 0 spiro atoms. The smallest absolute Gasteiger partial charge is 0.225 e. The predicted octanol–water partition coefficient (Wildman–Crippen LogP) is 1.50. The molecule has 0 aliphatic heterocycles. The number of carbonyl (C=O) groups is 1. The number of nitrogens with one attached hydrogen (secondary N) is 1. The van der Waals surface area contributed by atoms with Gasteiger partial charge < -0.3 is 0 Å². The number of hydrogen-bond donors (Lipinski definition) is 2. The number of nitrogens with zero attached hydrogens (tertiary/aromatic N) is 1. The van der Waals surface area contributed by atoms with E-state index in [1.54, 1.807) is 30.3 Å². The van der Waals surface area contributed by atoms with Gasteiger partial charge in [0, 0.05) is 11.3 Å². The average Bonchev–Trinajstić information content (AvgIpc) is 2.91. The molecule has 1 aliphatic carbocycles. The number of H-pyrrole nitrogens is 1. The summed E-state index contributed by atoms with van der Waals surface area (Å²) in [6, 6.07) is 8.30. The second-order valence-corrected chi connectivity index (χ2v) is 7.12. The van der Waals surface area contributed by atoms with Crippen LogP contribution in [0.5, 0.6) is 0 Å². The number of benzene rings is 1. The molecule has 0 fully saturated rings. The monoisotopic (exact) mass is 319 g/mol. The fraction of sp³-hybridized carbons (Fsp3) is 0.333. The van der Waals surface area contributed by atoms with Crippen LogP contribution in [-0.2, 0) is 22.9 Å². The molecule has 0 saturated carbocycles. The number of ketones is 1. The predicted molar refractivity (Wildman–Crippen MR) is 81.9 cm³/mol. The van der Waals surface area contributed by atoms with Gasteiger partial charge in [0.1, 0.15) is 0 Å². The van der Waals surface area contributed by atoms with Crippen molar-refractivity contribution >= 4 is 15.8 Å². The summed E-state index contributed by atoms with van der Waals surface area (Å²) in [4.78, 5) is 12.7. The Kier molecular flexibility index (Phi) is 3.84. The summed E-state index contributed by atoms with van der Waals surface area (Å²) in [5.41, 5.74) is 2.31. The third kappa shape index (κ3) is 2.69. The number of sulfonamides is 1. The lowest BCUT2D eigenvalue weighted by Crippen LogP contribution is -2.29. The van der Waals surface area contributed by atoms with E-state index in [4.69, 9.17) is 5.14 Å². The van der Waals surface area contributed by atoms with E-state index in [1.807, 2.05) is 0 Å². The molecule has 6 nitrogen and oxygen atoms in total. The van der Waals surface area contributed by atoms with Crippen LogP contribution >= 0.6 is 0 Å². The molecule has 116 valence electrons. The van der Waals surface area contributed by atoms with E-state index in [0.717, 1.165) is 36.9 Å². The van der Waals surface area contributed by atoms with Gasteiger partial charge in [0.05, 0.1) is 5.69 Å². The quantitative estimate of drug-likeness (QED) is 0.833. The van der Waals surface area contributed by atoms with Crippen molar-refractivity contribution in [2.75, 3.05) is 0 Å². The van der Waals surface area contributed by atoms with E-state index in [-0.39, 0.29) is 5.69 Å². The Labute approximate surface area is 128 Å². The lowest BCUT2D eigenvalue weighted by atomic mass is 9.93. The zero-order valence-corrected chi connectivity index (χ0v) is 12.8. The van der Waals surface area contributed by atoms with Gasteiger partial charge in [0.25, 0.3) is 0 Å². The number of rotatable bonds is 4. The van der Waals surface area contributed by atoms with Crippen molar-refractivity contribution in [2.24, 2.45) is 5.14 Å². The minimum atomic E-state index is -4.10. The number of hydrogen-bond acceptors (Lipinski definition) is 4. The van der Waals surface area contributed by atoms with Crippen molar-refractivity contribution in [3.05, 3.63) is 52.8 Å². The maximum atomic E-state index is 12.7. The van der Waals surface area contributed by atoms with Crippen LogP contribution in [0.25, 0.3) is 0 Å². The third-order valence-electron chi connectivity index (χ3n) is 3.96. The van der Waals surface area contributed by atoms with Gasteiger partial charge in [-0.25, -0.2) is 13.6 Å². The first kappa shape index (κ1) is 14.9. The van der Waals surface area contributed by atoms with Crippen LogP contribution in [0.1, 0.15) is 45.4 Å². The molecule has 0 saturated heterocycles. The number of aromatic nitrogens is 2. The summed E-state index contributed by atoms with van der Waals surface area (Å²) in [7, 11) is -4.10. The van der Waals surface area contributed by atoms with E-state index in [9.17, 15) is 13.2 Å². The summed E-state index contributed by atoms with van der Waals surface area (Å²) in [5, 5.41) is 10.9. The molecule has 1 unspecified atom stereocenters. The molecule has 1 atom stereocenters. The molecule has 1 heterocycles. The summed E-state index contributed by atoms with van der Waals surface area (Å²) >= 11 is 0. The second-order valence-electron chi connectivity index (χ2n) is 5.47. The van der Waals surface area contributed by atoms with Gasteiger partial charge in [0.15, 0.2) is 11.0 Å². The molecule has 3 N–H and O–H groups in total. The minimum absolute atomic E-state index is 0.256. The molecule has 2 aromatic rings. The highest BCUT2D eigenvalue weighted by molar-refractivity contribution is 7.90. The molecule has 1 aliphatic rings. The van der Waals surface area contributed by atoms with E-state index >= 15 is 0 Å². The van der Waals surface area contributed by atoms with Crippen LogP contribution in [0.15, 0.2) is 30.3 Å². The van der Waals surface area contributed by atoms with E-state index in [1.165, 1.54) is 0 Å². The molecule has 3 rings (SSSR count). The number of primary sulfonamides is 1. The van der Waals surface area contributed by atoms with Crippen LogP contribution in [0.3, 0.4) is 0 Å². The first-order valence-corrected chi connectivity index (χ1v) is 8.76. The van der Waals surface area contributed by atoms with Crippen LogP contribution in [0, 0.1) is 0 Å². The lowest BCUT2D eigenvalue weighted by molar-refractivity contribution is 0.0985. The third-order valence-corrected chi connectivity index (χ3v) is 5.06. The highest BCUT2D eigenvalue weighted by Crippen LogP contribution is 2.31. The molecule has 7 heteroatoms. The van der Waals surface area contributed by atoms with Crippen molar-refractivity contribution in [1.29, 1.82) is 0 Å². The highest BCUT2D eigenvalue weighted by Gasteiger charge is 2.37. The Bertz CT molecular complexity index is 797. The van der Waals surface area contributed by atoms with Crippen LogP contribution in [0.4, 0.5) is 0 Å². The van der Waals surface area contributed by atoms with Crippen molar-refractivity contribution in [3.8, 4) is 0 Å². The van der Waals surface area contributed by atoms with Crippen molar-refractivity contribution in [1.82, 2.24) is 10.2 Å². The number of aryl methyl sites for hydroxylation is 1. The largest absolute Gasteiger partial charge is 0.292 e. The van der Waals surface area contributed by atoms with Crippen molar-refractivity contribution in [2.45, 2.75) is 30.9 Å². The van der Waals surface area contributed by atoms with Gasteiger partial charge in [-0.1, -0.05) is 30.3 Å². The highest BCUT2D eigenvalue weighted by atomic mass is 32.2. The lowest BCUT2D eigenvalue weighted by Gasteiger charge is -2.16. The molecular weight excluding hydrogens is 302 g/mol. The van der Waals surface area contributed by atoms with Crippen LogP contribution < -0.4 is 5.14 Å². The van der Waals surface area contributed by atoms with E-state index in [2.05, 4.69) is 10.2 Å². The fourth-order valence-corrected chi connectivity index (χ4v) is 3.85. The summed E-state index contributed by atoms with van der Waals surface area (Å²) < 4.78 is 24.1. The molecule has 0 radical (unpaired) electrons. The van der Waals surface area contributed by atoms with Crippen LogP contribution in [0.2, 0.25) is 0 Å². The standard InChI is InChI=1S/C15H17N3O3S/c16-22(20,21)15(14(19)10-6-2-1-3-7-10)13-11-8-4-5-9-12(11)17-18-13/h1-3,6-7,15H,4-5,8-9H2,(H,17,18)(H2,16,20,21). The van der Waals surface area contributed by atoms with Gasteiger partial charge >= 0.3 is 0 Å². The van der Waals surface area contributed by atoms with Gasteiger partial charge in [0.2, 0.25) is 10.0 Å². The van der Waals surface area contributed by atoms with Gasteiger partial charge in [-0.3, -0.25) is 9.89 Å². The first-order valence-electron chi connectivity index (χ1n) is 7.15. The number of nitrogens with two attached hydrogens (primary N) is 1. The first-order chi connectivity index (χ1) is 10.5. The molecule has 1 aromatic heterocycles. The summed E-state index contributed by atoms with van der Waals surface area (Å²) in [6.07, 6.45) is 3.52. The Balaban J connectivity index is 2.09. The van der Waals surface area contributed by atoms with Crippen LogP contribution in [-0.4, -0.2) is 24.4 Å². The van der Waals surface area contributed by atoms with Crippen molar-refractivity contribution < 1.29 is 13.2 Å². The molecular formula is C15H17N3O3S. The second kappa shape index (κ2) is 5.66. The number of aromatic amines is 1. The topological polar surface area (TPSA) is 106 Å². The van der Waals surface area contributed by atoms with Crippen molar-refractivity contribution in [3.63, 3.8) is 0 Å². The van der Waals surface area contributed by atoms with E-state index < -0.39 is 21.1 Å². The Morgan fingerprint density at radius 1 is 1.18 bits per heavy atom. The number of Topliss-reactive ketones (excluding diaryl/α,β-unsaturated/α-hetero) is 1. The normalized spacial score (nSPS) is 16.0. The molecule has 22 heavy (non-hydrogen) atoms. The fourth-order valence-electron chi connectivity index (χ4n) is 2.91. The molecule has 0 amide bonds. The zero-order chi connectivity index (χ0) is 15.7. The van der Waals surface area contributed by atoms with Gasteiger partial charge in [-0.15, -0.1) is 0 Å². The Morgan fingerprint density at radius 3 is 2.55 bits per heavy atom. The minimum Gasteiger partial charge on any atom is -0.292 e. The maximum Gasteiger partial charge on any atom is 0.225 e. The van der Waals surface area contributed by atoms with E-state index in [0.29, 0.717) is 5.56 Å². The molecule has 0 bridgehead atoms. The Morgan fingerprint density at radius 2 is 1.86 bits per heavy atom. The maximum absolute atomic E-state index is 12.7. The van der Waals surface area contributed by atoms with Gasteiger partial charge in [-0.05, 0) is 31.2 Å². The Hall–Kier alpha value is -1.99. The summed E-state index contributed by atoms with van der Waals surface area (Å²) in [6.45, 7) is 0. The van der Waals surface area contributed by atoms with Gasteiger partial charge in [-0.2, -0.15) is 5.10 Å². The average molecular weight is 319 g/mol. The zero-order valence-electron chi connectivity index (χ0n) is 12.0. The number of carbonyl (C=O) groups excluding carboxylic acids is 1.